The van der Waals surface area contributed by atoms with E-state index in [9.17, 15) is 18.0 Å². The molecular weight excluding hydrogens is 292 g/mol. The van der Waals surface area contributed by atoms with Crippen LogP contribution in [0.5, 0.6) is 0 Å². The van der Waals surface area contributed by atoms with Crippen molar-refractivity contribution < 1.29 is 18.0 Å². The van der Waals surface area contributed by atoms with Crippen molar-refractivity contribution in [1.82, 2.24) is 10.2 Å². The van der Waals surface area contributed by atoms with E-state index in [2.05, 4.69) is 5.32 Å². The highest BCUT2D eigenvalue weighted by molar-refractivity contribution is 7.91. The largest absolute Gasteiger partial charge is 0.342 e. The number of carbonyl (C=O) groups excluding carboxylic acids is 2. The van der Waals surface area contributed by atoms with E-state index in [1.54, 1.807) is 4.90 Å². The fourth-order valence-electron chi connectivity index (χ4n) is 3.25. The van der Waals surface area contributed by atoms with Gasteiger partial charge in [0.1, 0.15) is 5.54 Å². The van der Waals surface area contributed by atoms with Crippen molar-refractivity contribution >= 4 is 21.7 Å². The molecule has 0 aromatic rings. The first kappa shape index (κ1) is 16.3. The fourth-order valence-corrected chi connectivity index (χ4v) is 5.10. The Hall–Kier alpha value is -1.11. The van der Waals surface area contributed by atoms with Crippen molar-refractivity contribution in [2.45, 2.75) is 45.1 Å². The van der Waals surface area contributed by atoms with E-state index in [1.807, 2.05) is 13.8 Å². The second-order valence-electron chi connectivity index (χ2n) is 6.11. The Morgan fingerprint density at radius 1 is 1.29 bits per heavy atom. The van der Waals surface area contributed by atoms with Gasteiger partial charge in [0.25, 0.3) is 0 Å². The van der Waals surface area contributed by atoms with Crippen LogP contribution in [0, 0.1) is 5.92 Å². The molecule has 0 bridgehead atoms. The summed E-state index contributed by atoms with van der Waals surface area (Å²) in [7, 11) is -2.94. The predicted octanol–water partition coefficient (Wildman–Crippen LogP) is 0.328. The van der Waals surface area contributed by atoms with Gasteiger partial charge in [0.05, 0.1) is 11.5 Å². The highest BCUT2D eigenvalue weighted by Crippen LogP contribution is 2.25. The minimum atomic E-state index is -2.94. The summed E-state index contributed by atoms with van der Waals surface area (Å²) >= 11 is 0. The highest BCUT2D eigenvalue weighted by atomic mass is 32.2. The van der Waals surface area contributed by atoms with E-state index >= 15 is 0 Å². The van der Waals surface area contributed by atoms with Gasteiger partial charge in [-0.1, -0.05) is 13.8 Å². The van der Waals surface area contributed by atoms with Crippen LogP contribution < -0.4 is 5.32 Å². The quantitative estimate of drug-likeness (QED) is 0.810. The number of carbonyl (C=O) groups is 2. The smallest absolute Gasteiger partial charge is 0.248 e. The molecule has 0 saturated carbocycles. The molecule has 0 spiro atoms. The third kappa shape index (κ3) is 3.39. The van der Waals surface area contributed by atoms with Gasteiger partial charge in [0, 0.05) is 19.5 Å². The maximum Gasteiger partial charge on any atom is 0.248 e. The standard InChI is InChI=1S/C14H24N2O4S/c1-3-14(4-2)13(18)16(7-5-12(17)15-14)9-11-6-8-21(19,20)10-11/h11H,3-10H2,1-2H3,(H,15,17). The van der Waals surface area contributed by atoms with Crippen molar-refractivity contribution in [2.75, 3.05) is 24.6 Å². The zero-order valence-electron chi connectivity index (χ0n) is 12.7. The van der Waals surface area contributed by atoms with Gasteiger partial charge in [-0.15, -0.1) is 0 Å². The number of hydrogen-bond acceptors (Lipinski definition) is 4. The van der Waals surface area contributed by atoms with Gasteiger partial charge >= 0.3 is 0 Å². The number of sulfone groups is 1. The van der Waals surface area contributed by atoms with E-state index in [4.69, 9.17) is 0 Å². The summed E-state index contributed by atoms with van der Waals surface area (Å²) in [6.07, 6.45) is 1.99. The maximum atomic E-state index is 12.8. The average molecular weight is 316 g/mol. The Kier molecular flexibility index (Phi) is 4.60. The molecule has 2 heterocycles. The van der Waals surface area contributed by atoms with E-state index in [0.717, 1.165) is 0 Å². The molecule has 1 unspecified atom stereocenters. The monoisotopic (exact) mass is 316 g/mol. The van der Waals surface area contributed by atoms with Crippen LogP contribution in [0.2, 0.25) is 0 Å². The van der Waals surface area contributed by atoms with Crippen LogP contribution in [0.3, 0.4) is 0 Å². The lowest BCUT2D eigenvalue weighted by atomic mass is 9.91. The lowest BCUT2D eigenvalue weighted by molar-refractivity contribution is -0.139. The average Bonchev–Trinajstić information content (AvgIpc) is 2.73. The van der Waals surface area contributed by atoms with Crippen LogP contribution in [0.4, 0.5) is 0 Å². The molecule has 0 aromatic carbocycles. The van der Waals surface area contributed by atoms with E-state index in [0.29, 0.717) is 32.4 Å². The van der Waals surface area contributed by atoms with Crippen LogP contribution in [-0.2, 0) is 19.4 Å². The molecule has 6 nitrogen and oxygen atoms in total. The van der Waals surface area contributed by atoms with Gasteiger partial charge < -0.3 is 10.2 Å². The third-order valence-electron chi connectivity index (χ3n) is 4.70. The Labute approximate surface area is 126 Å². The van der Waals surface area contributed by atoms with Crippen LogP contribution in [0.25, 0.3) is 0 Å². The first-order valence-electron chi connectivity index (χ1n) is 7.62. The number of hydrogen-bond donors (Lipinski definition) is 1. The van der Waals surface area contributed by atoms with Gasteiger partial charge in [-0.3, -0.25) is 9.59 Å². The van der Waals surface area contributed by atoms with Gasteiger partial charge in [0.2, 0.25) is 11.8 Å². The molecule has 2 aliphatic heterocycles. The van der Waals surface area contributed by atoms with E-state index in [-0.39, 0.29) is 35.7 Å². The first-order chi connectivity index (χ1) is 9.82. The number of nitrogens with zero attached hydrogens (tertiary/aromatic N) is 1. The topological polar surface area (TPSA) is 83.6 Å². The Balaban J connectivity index is 2.15. The van der Waals surface area contributed by atoms with Gasteiger partial charge in [-0.2, -0.15) is 0 Å². The minimum Gasteiger partial charge on any atom is -0.342 e. The second-order valence-corrected chi connectivity index (χ2v) is 8.34. The Morgan fingerprint density at radius 3 is 2.48 bits per heavy atom. The molecule has 0 radical (unpaired) electrons. The zero-order chi connectivity index (χ0) is 15.7. The molecule has 0 aromatic heterocycles. The molecular formula is C14H24N2O4S. The maximum absolute atomic E-state index is 12.8. The van der Waals surface area contributed by atoms with Gasteiger partial charge in [0.15, 0.2) is 9.84 Å². The molecule has 2 rings (SSSR count). The molecule has 2 fully saturated rings. The number of amides is 2. The van der Waals surface area contributed by atoms with Crippen LogP contribution in [-0.4, -0.2) is 55.3 Å². The van der Waals surface area contributed by atoms with Crippen LogP contribution in [0.1, 0.15) is 39.5 Å². The van der Waals surface area contributed by atoms with Crippen molar-refractivity contribution in [3.8, 4) is 0 Å². The summed E-state index contributed by atoms with van der Waals surface area (Å²) in [5.74, 6) is 0.197. The molecule has 2 amide bonds. The fraction of sp³-hybridized carbons (Fsp3) is 0.857. The first-order valence-corrected chi connectivity index (χ1v) is 9.45. The summed E-state index contributed by atoms with van der Waals surface area (Å²) in [5.41, 5.74) is -0.828. The summed E-state index contributed by atoms with van der Waals surface area (Å²) in [6.45, 7) is 4.61. The number of rotatable bonds is 4. The normalized spacial score (nSPS) is 28.3. The zero-order valence-corrected chi connectivity index (χ0v) is 13.5. The molecule has 7 heteroatoms. The third-order valence-corrected chi connectivity index (χ3v) is 6.53. The molecule has 120 valence electrons. The predicted molar refractivity (Wildman–Crippen MR) is 79.4 cm³/mol. The summed E-state index contributed by atoms with van der Waals surface area (Å²) in [6, 6.07) is 0. The molecule has 1 atom stereocenters. The highest BCUT2D eigenvalue weighted by Gasteiger charge is 2.42. The van der Waals surface area contributed by atoms with Crippen molar-refractivity contribution in [2.24, 2.45) is 5.92 Å². The molecule has 0 aliphatic carbocycles. The molecule has 1 N–H and O–H groups in total. The molecule has 2 aliphatic rings. The summed E-state index contributed by atoms with van der Waals surface area (Å²) in [4.78, 5) is 26.3. The number of nitrogens with one attached hydrogen (secondary N) is 1. The minimum absolute atomic E-state index is 0.00133. The van der Waals surface area contributed by atoms with Crippen molar-refractivity contribution in [3.05, 3.63) is 0 Å². The second kappa shape index (κ2) is 5.94. The molecule has 2 saturated heterocycles. The molecule has 21 heavy (non-hydrogen) atoms. The lowest BCUT2D eigenvalue weighted by Crippen LogP contribution is -2.57. The van der Waals surface area contributed by atoms with Crippen molar-refractivity contribution in [1.29, 1.82) is 0 Å². The van der Waals surface area contributed by atoms with E-state index in [1.165, 1.54) is 0 Å². The van der Waals surface area contributed by atoms with Crippen LogP contribution in [0.15, 0.2) is 0 Å². The summed E-state index contributed by atoms with van der Waals surface area (Å²) in [5, 5.41) is 2.86. The SMILES string of the molecule is CCC1(CC)NC(=O)CCN(CC2CCS(=O)(=O)C2)C1=O. The van der Waals surface area contributed by atoms with E-state index < -0.39 is 15.4 Å². The van der Waals surface area contributed by atoms with Crippen molar-refractivity contribution in [3.63, 3.8) is 0 Å². The Bertz CT molecular complexity index is 525. The van der Waals surface area contributed by atoms with Gasteiger partial charge in [-0.25, -0.2) is 8.42 Å². The Morgan fingerprint density at radius 2 is 1.95 bits per heavy atom. The summed E-state index contributed by atoms with van der Waals surface area (Å²) < 4.78 is 23.1. The lowest BCUT2D eigenvalue weighted by Gasteiger charge is -2.34. The van der Waals surface area contributed by atoms with Gasteiger partial charge in [-0.05, 0) is 25.2 Å². The van der Waals surface area contributed by atoms with Crippen LogP contribution >= 0.6 is 0 Å².